The summed E-state index contributed by atoms with van der Waals surface area (Å²) < 4.78 is 22.8. The van der Waals surface area contributed by atoms with Gasteiger partial charge in [0.25, 0.3) is 0 Å². The summed E-state index contributed by atoms with van der Waals surface area (Å²) >= 11 is 0. The Morgan fingerprint density at radius 2 is 0.651 bits per heavy atom. The average molecular weight is 1170 g/mol. The predicted octanol–water partition coefficient (Wildman–Crippen LogP) is 20.8. The zero-order chi connectivity index (χ0) is 60.5. The van der Waals surface area contributed by atoms with Crippen molar-refractivity contribution in [2.24, 2.45) is 0 Å². The third-order valence-corrected chi connectivity index (χ3v) is 16.0. The second kappa shape index (κ2) is 65.2. The molecule has 0 aliphatic heterocycles. The Bertz CT molecular complexity index is 1500. The lowest BCUT2D eigenvalue weighted by Crippen LogP contribution is -2.44. The van der Waals surface area contributed by atoms with Crippen LogP contribution < -0.4 is 5.11 Å². The summed E-state index contributed by atoms with van der Waals surface area (Å²) in [6.07, 6.45) is 80.7. The number of allylic oxidation sites excluding steroid dienone is 8. The molecule has 0 aliphatic carbocycles. The third-order valence-electron chi connectivity index (χ3n) is 16.0. The van der Waals surface area contributed by atoms with Crippen molar-refractivity contribution < 1.29 is 42.9 Å². The second-order valence-electron chi connectivity index (χ2n) is 25.5. The number of aliphatic carboxylic acids is 1. The zero-order valence-corrected chi connectivity index (χ0v) is 55.6. The quantitative estimate of drug-likeness (QED) is 0.0195. The smallest absolute Gasteiger partial charge is 0.306 e. The molecule has 486 valence electrons. The number of carboxylic acid groups (broad SMARTS) is 1. The molecule has 9 nitrogen and oxygen atoms in total. The molecule has 0 saturated carbocycles. The maximum absolute atomic E-state index is 12.9. The van der Waals surface area contributed by atoms with Gasteiger partial charge in [0, 0.05) is 12.8 Å². The van der Waals surface area contributed by atoms with E-state index in [-0.39, 0.29) is 32.2 Å². The fourth-order valence-electron chi connectivity index (χ4n) is 10.5. The van der Waals surface area contributed by atoms with Crippen molar-refractivity contribution in [2.45, 2.75) is 360 Å². The molecule has 0 saturated heterocycles. The first-order chi connectivity index (χ1) is 40.6. The molecule has 2 unspecified atom stereocenters. The van der Waals surface area contributed by atoms with E-state index in [1.807, 2.05) is 21.1 Å². The van der Waals surface area contributed by atoms with E-state index in [0.717, 1.165) is 70.6 Å². The number of nitrogens with zero attached hydrogens (tertiary/aromatic N) is 1. The highest BCUT2D eigenvalue weighted by Crippen LogP contribution is 2.18. The summed E-state index contributed by atoms with van der Waals surface area (Å²) in [6, 6.07) is 0. The standard InChI is InChI=1S/C74H137NO8/c1-6-8-10-12-14-16-18-20-22-24-26-28-29-30-31-32-33-34-35-36-37-38-39-40-41-42-43-45-46-48-50-52-54-56-58-60-62-64-71(76)81-68-70(69-82-74(73(78)79)80-67-66-75(3,4)5)83-72(77)65-63-61-59-57-55-53-51-49-47-44-27-25-23-21-19-17-15-13-11-9-7-2/h19,21,24-27,47,49,70,74H,6-18,20,22-23,28-46,48,50-69H2,1-5H3/b21-19-,26-24-,27-25-,49-47-. The van der Waals surface area contributed by atoms with Gasteiger partial charge in [-0.05, 0) is 77.0 Å². The number of carbonyl (C=O) groups is 3. The summed E-state index contributed by atoms with van der Waals surface area (Å²) in [5.74, 6) is -2.28. The Kier molecular flexibility index (Phi) is 63.1. The maximum Gasteiger partial charge on any atom is 0.306 e. The number of unbranched alkanes of at least 4 members (excludes halogenated alkanes) is 44. The molecule has 0 aliphatic rings. The van der Waals surface area contributed by atoms with Crippen LogP contribution in [0.5, 0.6) is 0 Å². The van der Waals surface area contributed by atoms with Crippen LogP contribution in [0.25, 0.3) is 0 Å². The zero-order valence-electron chi connectivity index (χ0n) is 55.6. The van der Waals surface area contributed by atoms with E-state index in [1.165, 1.54) is 244 Å². The summed E-state index contributed by atoms with van der Waals surface area (Å²) in [4.78, 5) is 37.4. The van der Waals surface area contributed by atoms with Crippen molar-refractivity contribution in [1.82, 2.24) is 0 Å². The third kappa shape index (κ3) is 66.6. The van der Waals surface area contributed by atoms with Gasteiger partial charge in [-0.15, -0.1) is 0 Å². The normalized spacial score (nSPS) is 12.9. The summed E-state index contributed by atoms with van der Waals surface area (Å²) in [5.41, 5.74) is 0. The molecule has 0 aromatic rings. The van der Waals surface area contributed by atoms with Gasteiger partial charge >= 0.3 is 11.9 Å². The Labute approximate surface area is 514 Å². The van der Waals surface area contributed by atoms with Crippen LogP contribution in [0, 0.1) is 0 Å². The molecule has 0 spiro atoms. The van der Waals surface area contributed by atoms with Crippen LogP contribution in [0.3, 0.4) is 0 Å². The number of quaternary nitrogens is 1. The monoisotopic (exact) mass is 1170 g/mol. The van der Waals surface area contributed by atoms with Crippen LogP contribution >= 0.6 is 0 Å². The maximum atomic E-state index is 12.9. The number of ether oxygens (including phenoxy) is 4. The first-order valence-electron chi connectivity index (χ1n) is 35.8. The van der Waals surface area contributed by atoms with E-state index in [2.05, 4.69) is 62.5 Å². The van der Waals surface area contributed by atoms with Gasteiger partial charge in [-0.2, -0.15) is 0 Å². The number of hydrogen-bond donors (Lipinski definition) is 0. The van der Waals surface area contributed by atoms with E-state index < -0.39 is 24.3 Å². The lowest BCUT2D eigenvalue weighted by Gasteiger charge is -2.26. The predicted molar refractivity (Wildman–Crippen MR) is 352 cm³/mol. The molecule has 0 heterocycles. The molecule has 0 fully saturated rings. The van der Waals surface area contributed by atoms with Gasteiger partial charge in [0.15, 0.2) is 12.4 Å². The molecule has 83 heavy (non-hydrogen) atoms. The van der Waals surface area contributed by atoms with Crippen LogP contribution in [0.4, 0.5) is 0 Å². The van der Waals surface area contributed by atoms with Gasteiger partial charge in [-0.25, -0.2) is 0 Å². The number of carbonyl (C=O) groups excluding carboxylic acids is 3. The fraction of sp³-hybridized carbons (Fsp3) is 0.851. The van der Waals surface area contributed by atoms with E-state index in [4.69, 9.17) is 18.9 Å². The second-order valence-corrected chi connectivity index (χ2v) is 25.5. The number of esters is 2. The van der Waals surface area contributed by atoms with Crippen molar-refractivity contribution in [1.29, 1.82) is 0 Å². The van der Waals surface area contributed by atoms with Crippen molar-refractivity contribution >= 4 is 17.9 Å². The molecule has 0 N–H and O–H groups in total. The first kappa shape index (κ1) is 80.2. The van der Waals surface area contributed by atoms with Crippen molar-refractivity contribution in [3.63, 3.8) is 0 Å². The van der Waals surface area contributed by atoms with Gasteiger partial charge in [0.1, 0.15) is 13.2 Å². The van der Waals surface area contributed by atoms with Crippen molar-refractivity contribution in [3.05, 3.63) is 48.6 Å². The largest absolute Gasteiger partial charge is 0.545 e. The van der Waals surface area contributed by atoms with Gasteiger partial charge in [-0.1, -0.05) is 306 Å². The van der Waals surface area contributed by atoms with Crippen LogP contribution in [0.2, 0.25) is 0 Å². The van der Waals surface area contributed by atoms with Crippen LogP contribution in [-0.4, -0.2) is 82.3 Å². The minimum atomic E-state index is -1.63. The molecule has 0 rings (SSSR count). The Balaban J connectivity index is 4.00. The highest BCUT2D eigenvalue weighted by Gasteiger charge is 2.22. The minimum Gasteiger partial charge on any atom is -0.545 e. The van der Waals surface area contributed by atoms with E-state index in [0.29, 0.717) is 23.9 Å². The molecule has 0 aromatic carbocycles. The lowest BCUT2D eigenvalue weighted by molar-refractivity contribution is -0.870. The van der Waals surface area contributed by atoms with E-state index in [1.54, 1.807) is 0 Å². The summed E-state index contributed by atoms with van der Waals surface area (Å²) in [7, 11) is 5.93. The van der Waals surface area contributed by atoms with Gasteiger partial charge in [0.2, 0.25) is 0 Å². The van der Waals surface area contributed by atoms with Crippen molar-refractivity contribution in [2.75, 3.05) is 47.5 Å². The lowest BCUT2D eigenvalue weighted by atomic mass is 10.0. The molecule has 9 heteroatoms. The molecule has 0 radical (unpaired) electrons. The number of carboxylic acids is 1. The number of likely N-dealkylation sites (N-methyl/N-ethyl adjacent to an activating group) is 1. The van der Waals surface area contributed by atoms with Crippen LogP contribution in [0.15, 0.2) is 48.6 Å². The number of hydrogen-bond acceptors (Lipinski definition) is 8. The molecular weight excluding hydrogens is 1030 g/mol. The van der Waals surface area contributed by atoms with Crippen molar-refractivity contribution in [3.8, 4) is 0 Å². The Morgan fingerprint density at radius 3 is 0.976 bits per heavy atom. The number of rotatable bonds is 67. The molecule has 0 amide bonds. The average Bonchev–Trinajstić information content (AvgIpc) is 3.46. The van der Waals surface area contributed by atoms with Gasteiger partial charge in [-0.3, -0.25) is 9.59 Å². The van der Waals surface area contributed by atoms with E-state index >= 15 is 0 Å². The summed E-state index contributed by atoms with van der Waals surface area (Å²) in [6.45, 7) is 4.77. The van der Waals surface area contributed by atoms with Crippen LogP contribution in [0.1, 0.15) is 348 Å². The highest BCUT2D eigenvalue weighted by molar-refractivity contribution is 5.70. The molecular formula is C74H137NO8. The Hall–Kier alpha value is -2.75. The molecule has 0 aromatic heterocycles. The van der Waals surface area contributed by atoms with Gasteiger partial charge in [0.05, 0.1) is 40.3 Å². The molecule has 2 atom stereocenters. The topological polar surface area (TPSA) is 111 Å². The fourth-order valence-corrected chi connectivity index (χ4v) is 10.5. The van der Waals surface area contributed by atoms with Crippen LogP contribution in [-0.2, 0) is 33.3 Å². The Morgan fingerprint density at radius 1 is 0.361 bits per heavy atom. The van der Waals surface area contributed by atoms with E-state index in [9.17, 15) is 19.5 Å². The summed E-state index contributed by atoms with van der Waals surface area (Å²) in [5, 5.41) is 11.8. The highest BCUT2D eigenvalue weighted by atomic mass is 16.7. The SMILES string of the molecule is CCCCCCC/C=C\C/C=C\C/C=C\CCCCCCCCC(=O)OC(COC(=O)CCCCCCCCCCCCCCCCCCCCCCCCCCC/C=C\CCCCCCCCCC)COC(OCC[N+](C)(C)C)C(=O)[O-]. The molecule has 0 bridgehead atoms. The first-order valence-corrected chi connectivity index (χ1v) is 35.8. The van der Waals surface area contributed by atoms with Gasteiger partial charge < -0.3 is 33.3 Å². The minimum absolute atomic E-state index is 0.145.